The number of carbonyl (C=O) groups excluding carboxylic acids is 1. The van der Waals surface area contributed by atoms with E-state index in [4.69, 9.17) is 20.4 Å². The second-order valence-corrected chi connectivity index (χ2v) is 10.0. The fourth-order valence-corrected chi connectivity index (χ4v) is 4.72. The maximum Gasteiger partial charge on any atom is 0.254 e. The van der Waals surface area contributed by atoms with Gasteiger partial charge in [0.2, 0.25) is 0 Å². The molecule has 0 bridgehead atoms. The molecule has 8 nitrogen and oxygen atoms in total. The number of para-hydroxylation sites is 1. The van der Waals surface area contributed by atoms with Gasteiger partial charge in [0.15, 0.2) is 0 Å². The largest absolute Gasteiger partial charge is 0.496 e. The van der Waals surface area contributed by atoms with Crippen LogP contribution in [-0.2, 0) is 16.0 Å². The summed E-state index contributed by atoms with van der Waals surface area (Å²) in [5, 5.41) is 13.3. The van der Waals surface area contributed by atoms with Crippen LogP contribution in [0.1, 0.15) is 76.3 Å². The predicted octanol–water partition coefficient (Wildman–Crippen LogP) is 6.86. The van der Waals surface area contributed by atoms with Crippen LogP contribution in [-0.4, -0.2) is 61.1 Å². The Kier molecular flexibility index (Phi) is 13.6. The molecule has 1 aliphatic carbocycles. The lowest BCUT2D eigenvalue weighted by Gasteiger charge is -2.42. The minimum atomic E-state index is -0.469. The summed E-state index contributed by atoms with van der Waals surface area (Å²) >= 11 is 0. The third kappa shape index (κ3) is 8.88. The van der Waals surface area contributed by atoms with E-state index in [1.54, 1.807) is 14.2 Å². The summed E-state index contributed by atoms with van der Waals surface area (Å²) in [6.45, 7) is 8.46. The van der Waals surface area contributed by atoms with Crippen molar-refractivity contribution in [1.82, 2.24) is 9.91 Å². The van der Waals surface area contributed by atoms with E-state index in [-0.39, 0.29) is 11.8 Å². The Morgan fingerprint density at radius 3 is 2.21 bits per heavy atom. The van der Waals surface area contributed by atoms with Crippen LogP contribution >= 0.6 is 0 Å². The van der Waals surface area contributed by atoms with Crippen molar-refractivity contribution in [3.63, 3.8) is 0 Å². The van der Waals surface area contributed by atoms with Gasteiger partial charge in [-0.2, -0.15) is 5.53 Å². The van der Waals surface area contributed by atoms with Crippen LogP contribution in [0.15, 0.2) is 59.8 Å². The van der Waals surface area contributed by atoms with Gasteiger partial charge in [0, 0.05) is 38.2 Å². The normalized spacial score (nSPS) is 14.2. The number of carbonyl (C=O) groups is 1. The van der Waals surface area contributed by atoms with Crippen molar-refractivity contribution in [2.24, 2.45) is 5.22 Å². The number of nitrogens with one attached hydrogen (secondary N) is 2. The van der Waals surface area contributed by atoms with Crippen LogP contribution < -0.4 is 4.74 Å². The molecule has 2 N–H and O–H groups in total. The summed E-state index contributed by atoms with van der Waals surface area (Å²) in [6, 6.07) is 17.7. The summed E-state index contributed by atoms with van der Waals surface area (Å²) in [4.78, 5) is 14.4. The molecule has 1 aliphatic rings. The number of rotatable bonds is 14. The zero-order valence-electron chi connectivity index (χ0n) is 24.4. The quantitative estimate of drug-likeness (QED) is 0.119. The maximum absolute atomic E-state index is 12.4. The van der Waals surface area contributed by atoms with Gasteiger partial charge in [0.05, 0.1) is 7.11 Å². The zero-order chi connectivity index (χ0) is 28.7. The Bertz CT molecular complexity index is 1020. The highest BCUT2D eigenvalue weighted by Gasteiger charge is 2.46. The molecule has 0 radical (unpaired) electrons. The molecule has 0 heterocycles. The lowest BCUT2D eigenvalue weighted by atomic mass is 9.78. The van der Waals surface area contributed by atoms with E-state index < -0.39 is 5.60 Å². The Balaban J connectivity index is 0.000000293. The van der Waals surface area contributed by atoms with E-state index in [1.165, 1.54) is 10.6 Å². The molecule has 0 saturated heterocycles. The van der Waals surface area contributed by atoms with Crippen molar-refractivity contribution in [3.8, 4) is 5.75 Å². The van der Waals surface area contributed by atoms with Crippen molar-refractivity contribution in [2.75, 3.05) is 33.9 Å². The summed E-state index contributed by atoms with van der Waals surface area (Å²) in [5.41, 5.74) is 9.01. The molecule has 3 rings (SSSR count). The lowest BCUT2D eigenvalue weighted by Crippen LogP contribution is -2.54. The first-order valence-corrected chi connectivity index (χ1v) is 14.1. The van der Waals surface area contributed by atoms with Gasteiger partial charge in [-0.25, -0.2) is 5.01 Å². The van der Waals surface area contributed by atoms with Gasteiger partial charge in [-0.3, -0.25) is 10.2 Å². The Labute approximate surface area is 234 Å². The van der Waals surface area contributed by atoms with Crippen LogP contribution in [0.5, 0.6) is 5.75 Å². The van der Waals surface area contributed by atoms with Gasteiger partial charge in [-0.05, 0) is 50.2 Å². The molecule has 1 unspecified atom stereocenters. The van der Waals surface area contributed by atoms with Gasteiger partial charge >= 0.3 is 0 Å². The number of methoxy groups -OCH3 is 2. The number of hydrogen-bond donors (Lipinski definition) is 2. The predicted molar refractivity (Wildman–Crippen MR) is 157 cm³/mol. The monoisotopic (exact) mass is 537 g/mol. The fraction of sp³-hybridized carbons (Fsp3) is 0.548. The second-order valence-electron chi connectivity index (χ2n) is 10.0. The molecule has 1 saturated carbocycles. The molecule has 1 fully saturated rings. The summed E-state index contributed by atoms with van der Waals surface area (Å²) in [6.07, 6.45) is 6.90. The zero-order valence-corrected chi connectivity index (χ0v) is 24.4. The van der Waals surface area contributed by atoms with Crippen LogP contribution in [0, 0.1) is 10.9 Å². The molecule has 2 aromatic rings. The van der Waals surface area contributed by atoms with Gasteiger partial charge < -0.3 is 14.4 Å². The summed E-state index contributed by atoms with van der Waals surface area (Å²) in [7, 11) is 3.29. The van der Waals surface area contributed by atoms with Crippen molar-refractivity contribution >= 4 is 11.7 Å². The van der Waals surface area contributed by atoms with Crippen molar-refractivity contribution < 1.29 is 14.3 Å². The van der Waals surface area contributed by atoms with Crippen LogP contribution in [0.3, 0.4) is 0 Å². The number of hydrogen-bond acceptors (Lipinski definition) is 6. The summed E-state index contributed by atoms with van der Waals surface area (Å²) < 4.78 is 10.8. The van der Waals surface area contributed by atoms with E-state index in [9.17, 15) is 4.79 Å². The molecule has 1 amide bonds. The number of nitrogens with zero attached hydrogens (tertiary/aromatic N) is 3. The number of amidine groups is 1. The minimum absolute atomic E-state index is 0.198. The first kappa shape index (κ1) is 32.0. The maximum atomic E-state index is 12.4. The average Bonchev–Trinajstić information content (AvgIpc) is 2.95. The molecule has 0 spiro atoms. The minimum Gasteiger partial charge on any atom is -0.496 e. The van der Waals surface area contributed by atoms with E-state index in [0.717, 1.165) is 69.3 Å². The molecule has 0 aromatic heterocycles. The number of amides is 1. The van der Waals surface area contributed by atoms with Crippen LogP contribution in [0.4, 0.5) is 0 Å². The molecule has 8 heteroatoms. The smallest absolute Gasteiger partial charge is 0.254 e. The van der Waals surface area contributed by atoms with Crippen molar-refractivity contribution in [3.05, 3.63) is 65.7 Å². The Morgan fingerprint density at radius 2 is 1.67 bits per heavy atom. The standard InChI is InChI=1S/C18H22N4O.C13H25NO2/c1-14(16-10-6-7-11-17(16)23-2)18(19)22(21-20)13-12-15-8-4-3-5-9-15;1-4-6-11-14(10-5-2)12(15)13(16-3)8-7-9-13/h3-11,14,19-20H,12-13H2,1-2H3;4-11H2,1-3H3. The first-order chi connectivity index (χ1) is 18.9. The van der Waals surface area contributed by atoms with E-state index in [1.807, 2.05) is 66.4 Å². The van der Waals surface area contributed by atoms with Gasteiger partial charge in [0.1, 0.15) is 17.2 Å². The number of ether oxygens (including phenoxy) is 2. The van der Waals surface area contributed by atoms with Gasteiger partial charge in [0.25, 0.3) is 5.91 Å². The van der Waals surface area contributed by atoms with E-state index >= 15 is 0 Å². The number of benzene rings is 2. The highest BCUT2D eigenvalue weighted by molar-refractivity contribution is 5.86. The molecule has 39 heavy (non-hydrogen) atoms. The SMILES string of the molecule is CCCCN(CCC)C(=O)C1(OC)CCC1.COc1ccccc1C(C)C(=N)N(CCc1ccccc1)N=N. The Morgan fingerprint density at radius 1 is 1.00 bits per heavy atom. The first-order valence-electron chi connectivity index (χ1n) is 14.1. The Hall–Kier alpha value is -3.26. The third-order valence-corrected chi connectivity index (χ3v) is 7.37. The van der Waals surface area contributed by atoms with Gasteiger partial charge in [-0.15, -0.1) is 0 Å². The van der Waals surface area contributed by atoms with Gasteiger partial charge in [-0.1, -0.05) is 80.9 Å². The molecule has 0 aliphatic heterocycles. The lowest BCUT2D eigenvalue weighted by molar-refractivity contribution is -0.166. The molecular formula is C31H47N5O3. The molecule has 2 aromatic carbocycles. The summed E-state index contributed by atoms with van der Waals surface area (Å²) in [5.74, 6) is 1.06. The highest BCUT2D eigenvalue weighted by atomic mass is 16.5. The third-order valence-electron chi connectivity index (χ3n) is 7.37. The molecular weight excluding hydrogens is 490 g/mol. The highest BCUT2D eigenvalue weighted by Crippen LogP contribution is 2.36. The van der Waals surface area contributed by atoms with E-state index in [2.05, 4.69) is 19.1 Å². The van der Waals surface area contributed by atoms with E-state index in [0.29, 0.717) is 12.4 Å². The van der Waals surface area contributed by atoms with Crippen LogP contribution in [0.2, 0.25) is 0 Å². The average molecular weight is 538 g/mol. The second kappa shape index (κ2) is 16.6. The van der Waals surface area contributed by atoms with Crippen molar-refractivity contribution in [1.29, 1.82) is 10.9 Å². The molecule has 1 atom stereocenters. The van der Waals surface area contributed by atoms with Crippen molar-refractivity contribution in [2.45, 2.75) is 77.2 Å². The fourth-order valence-electron chi connectivity index (χ4n) is 4.72. The topological polar surface area (TPSA) is 102 Å². The number of unbranched alkanes of at least 4 members (excludes halogenated alkanes) is 1. The van der Waals surface area contributed by atoms with Crippen LogP contribution in [0.25, 0.3) is 0 Å². The molecule has 214 valence electrons.